The van der Waals surface area contributed by atoms with Crippen LogP contribution in [0.2, 0.25) is 0 Å². The first-order valence-corrected chi connectivity index (χ1v) is 6.62. The van der Waals surface area contributed by atoms with Gasteiger partial charge >= 0.3 is 0 Å². The van der Waals surface area contributed by atoms with E-state index >= 15 is 0 Å². The van der Waals surface area contributed by atoms with E-state index in [-0.39, 0.29) is 0 Å². The molecule has 2 aliphatic heterocycles. The molecule has 3 nitrogen and oxygen atoms in total. The highest BCUT2D eigenvalue weighted by Crippen LogP contribution is 2.31. The van der Waals surface area contributed by atoms with Crippen molar-refractivity contribution in [2.24, 2.45) is 0 Å². The van der Waals surface area contributed by atoms with Gasteiger partial charge in [0.25, 0.3) is 0 Å². The van der Waals surface area contributed by atoms with E-state index in [0.29, 0.717) is 31.9 Å². The molecule has 104 valence electrons. The summed E-state index contributed by atoms with van der Waals surface area (Å²) in [4.78, 5) is 2.06. The third-order valence-electron chi connectivity index (χ3n) is 3.74. The minimum Gasteiger partial charge on any atom is -0.346 e. The predicted molar refractivity (Wildman–Crippen MR) is 65.5 cm³/mol. The Morgan fingerprint density at radius 1 is 1.21 bits per heavy atom. The molecule has 0 aliphatic carbocycles. The molecule has 1 aromatic rings. The highest BCUT2D eigenvalue weighted by Gasteiger charge is 2.40. The maximum absolute atomic E-state index is 13.7. The zero-order valence-electron chi connectivity index (χ0n) is 10.7. The van der Waals surface area contributed by atoms with Crippen molar-refractivity contribution in [2.45, 2.75) is 25.2 Å². The van der Waals surface area contributed by atoms with Gasteiger partial charge in [-0.3, -0.25) is 4.90 Å². The molecule has 0 saturated carbocycles. The number of rotatable bonds is 2. The summed E-state index contributed by atoms with van der Waals surface area (Å²) in [5, 5.41) is 0. The molecule has 1 spiro atoms. The largest absolute Gasteiger partial charge is 0.346 e. The average Bonchev–Trinajstić information content (AvgIpc) is 2.83. The zero-order valence-corrected chi connectivity index (χ0v) is 10.7. The Hall–Kier alpha value is -1.04. The number of likely N-dealkylation sites (tertiary alicyclic amines) is 1. The fourth-order valence-electron chi connectivity index (χ4n) is 2.85. The molecule has 19 heavy (non-hydrogen) atoms. The van der Waals surface area contributed by atoms with E-state index in [1.165, 1.54) is 6.07 Å². The predicted octanol–water partition coefficient (Wildman–Crippen LogP) is 2.30. The Morgan fingerprint density at radius 2 is 2.00 bits per heavy atom. The lowest BCUT2D eigenvalue weighted by Gasteiger charge is -2.38. The molecule has 3 rings (SSSR count). The summed E-state index contributed by atoms with van der Waals surface area (Å²) in [7, 11) is 0. The van der Waals surface area contributed by atoms with Crippen LogP contribution in [0.1, 0.15) is 18.4 Å². The zero-order chi connectivity index (χ0) is 13.3. The van der Waals surface area contributed by atoms with Gasteiger partial charge in [0.15, 0.2) is 17.4 Å². The first-order valence-electron chi connectivity index (χ1n) is 6.62. The van der Waals surface area contributed by atoms with Crippen molar-refractivity contribution in [2.75, 3.05) is 26.3 Å². The van der Waals surface area contributed by atoms with E-state index in [2.05, 4.69) is 4.90 Å². The highest BCUT2D eigenvalue weighted by molar-refractivity contribution is 5.19. The molecule has 1 aromatic carbocycles. The standard InChI is InChI=1S/C14H17F2NO2/c15-12-4-1-3-11(13(12)16)9-17-6-2-5-14(10-17)18-7-8-19-14/h1,3-4H,2,5-10H2. The summed E-state index contributed by atoms with van der Waals surface area (Å²) in [5.74, 6) is -2.07. The molecule has 0 amide bonds. The van der Waals surface area contributed by atoms with Crippen LogP contribution in [0.15, 0.2) is 18.2 Å². The number of hydrogen-bond donors (Lipinski definition) is 0. The van der Waals surface area contributed by atoms with Gasteiger partial charge in [-0.15, -0.1) is 0 Å². The number of nitrogens with zero attached hydrogens (tertiary/aromatic N) is 1. The first-order chi connectivity index (χ1) is 9.19. The lowest BCUT2D eigenvalue weighted by atomic mass is 10.0. The molecule has 0 radical (unpaired) electrons. The van der Waals surface area contributed by atoms with Gasteiger partial charge in [-0.05, 0) is 19.0 Å². The summed E-state index contributed by atoms with van der Waals surface area (Å²) in [6, 6.07) is 4.30. The second kappa shape index (κ2) is 5.15. The lowest BCUT2D eigenvalue weighted by molar-refractivity contribution is -0.190. The summed E-state index contributed by atoms with van der Waals surface area (Å²) in [6.45, 7) is 3.08. The van der Waals surface area contributed by atoms with E-state index in [4.69, 9.17) is 9.47 Å². The third-order valence-corrected chi connectivity index (χ3v) is 3.74. The Bertz CT molecular complexity index is 461. The molecule has 5 heteroatoms. The van der Waals surface area contributed by atoms with Crippen LogP contribution >= 0.6 is 0 Å². The van der Waals surface area contributed by atoms with Crippen LogP contribution in [0, 0.1) is 11.6 Å². The summed E-state index contributed by atoms with van der Waals surface area (Å²) in [6.07, 6.45) is 1.81. The van der Waals surface area contributed by atoms with Crippen LogP contribution in [0.4, 0.5) is 8.78 Å². The average molecular weight is 269 g/mol. The van der Waals surface area contributed by atoms with E-state index in [9.17, 15) is 8.78 Å². The summed E-state index contributed by atoms with van der Waals surface area (Å²) in [5.41, 5.74) is 0.384. The van der Waals surface area contributed by atoms with Gasteiger partial charge in [-0.1, -0.05) is 12.1 Å². The monoisotopic (exact) mass is 269 g/mol. The van der Waals surface area contributed by atoms with Crippen LogP contribution in [0.5, 0.6) is 0 Å². The van der Waals surface area contributed by atoms with Crippen LogP contribution in [0.25, 0.3) is 0 Å². The number of ether oxygens (including phenoxy) is 2. The van der Waals surface area contributed by atoms with Gasteiger partial charge in [-0.25, -0.2) is 8.78 Å². The molecule has 0 aromatic heterocycles. The number of halogens is 2. The normalized spacial score (nSPS) is 23.1. The molecular formula is C14H17F2NO2. The molecule has 2 heterocycles. The Kier molecular flexibility index (Phi) is 3.52. The minimum atomic E-state index is -0.794. The van der Waals surface area contributed by atoms with Crippen LogP contribution in [0.3, 0.4) is 0 Å². The maximum Gasteiger partial charge on any atom is 0.181 e. The van der Waals surface area contributed by atoms with Crippen molar-refractivity contribution in [1.82, 2.24) is 4.90 Å². The van der Waals surface area contributed by atoms with Crippen molar-refractivity contribution < 1.29 is 18.3 Å². The van der Waals surface area contributed by atoms with E-state index in [0.717, 1.165) is 25.5 Å². The SMILES string of the molecule is Fc1cccc(CN2CCCC3(C2)OCCO3)c1F. The Balaban J connectivity index is 1.71. The molecule has 0 N–H and O–H groups in total. The smallest absolute Gasteiger partial charge is 0.181 e. The molecule has 2 fully saturated rings. The van der Waals surface area contributed by atoms with Crippen molar-refractivity contribution >= 4 is 0 Å². The van der Waals surface area contributed by atoms with Crippen LogP contribution in [-0.4, -0.2) is 37.0 Å². The van der Waals surface area contributed by atoms with Gasteiger partial charge in [0, 0.05) is 18.5 Å². The van der Waals surface area contributed by atoms with E-state index in [1.54, 1.807) is 6.07 Å². The van der Waals surface area contributed by atoms with Crippen molar-refractivity contribution in [1.29, 1.82) is 0 Å². The van der Waals surface area contributed by atoms with Gasteiger partial charge in [0.05, 0.1) is 19.8 Å². The molecule has 2 aliphatic rings. The summed E-state index contributed by atoms with van der Waals surface area (Å²) < 4.78 is 38.2. The molecular weight excluding hydrogens is 252 g/mol. The molecule has 0 unspecified atom stereocenters. The van der Waals surface area contributed by atoms with Crippen molar-refractivity contribution in [3.63, 3.8) is 0 Å². The second-order valence-corrected chi connectivity index (χ2v) is 5.13. The molecule has 0 bridgehead atoms. The number of piperidine rings is 1. The van der Waals surface area contributed by atoms with Crippen LogP contribution in [-0.2, 0) is 16.0 Å². The molecule has 2 saturated heterocycles. The van der Waals surface area contributed by atoms with Crippen molar-refractivity contribution in [3.05, 3.63) is 35.4 Å². The first kappa shape index (κ1) is 13.0. The van der Waals surface area contributed by atoms with Crippen LogP contribution < -0.4 is 0 Å². The Morgan fingerprint density at radius 3 is 2.79 bits per heavy atom. The Labute approximate surface area is 111 Å². The minimum absolute atomic E-state index is 0.384. The maximum atomic E-state index is 13.7. The van der Waals surface area contributed by atoms with Crippen molar-refractivity contribution in [3.8, 4) is 0 Å². The topological polar surface area (TPSA) is 21.7 Å². The summed E-state index contributed by atoms with van der Waals surface area (Å²) >= 11 is 0. The van der Waals surface area contributed by atoms with E-state index < -0.39 is 17.4 Å². The lowest BCUT2D eigenvalue weighted by Crippen LogP contribution is -2.48. The fourth-order valence-corrected chi connectivity index (χ4v) is 2.85. The highest BCUT2D eigenvalue weighted by atomic mass is 19.2. The molecule has 0 atom stereocenters. The quantitative estimate of drug-likeness (QED) is 0.822. The van der Waals surface area contributed by atoms with Gasteiger partial charge in [0.1, 0.15) is 0 Å². The van der Waals surface area contributed by atoms with Gasteiger partial charge in [-0.2, -0.15) is 0 Å². The third kappa shape index (κ3) is 2.63. The number of hydrogen-bond acceptors (Lipinski definition) is 3. The number of benzene rings is 1. The second-order valence-electron chi connectivity index (χ2n) is 5.13. The fraction of sp³-hybridized carbons (Fsp3) is 0.571. The van der Waals surface area contributed by atoms with Gasteiger partial charge < -0.3 is 9.47 Å². The van der Waals surface area contributed by atoms with E-state index in [1.807, 2.05) is 0 Å². The van der Waals surface area contributed by atoms with Gasteiger partial charge in [0.2, 0.25) is 0 Å².